The molecule has 0 bridgehead atoms. The van der Waals surface area contributed by atoms with Crippen molar-refractivity contribution in [1.29, 1.82) is 0 Å². The topological polar surface area (TPSA) is 176 Å². The fraction of sp³-hybridized carbons (Fsp3) is 0.357. The Labute approximate surface area is 225 Å². The van der Waals surface area contributed by atoms with Gasteiger partial charge in [0.05, 0.1) is 34.7 Å². The van der Waals surface area contributed by atoms with Crippen molar-refractivity contribution in [3.63, 3.8) is 0 Å². The van der Waals surface area contributed by atoms with E-state index in [4.69, 9.17) is 5.73 Å². The van der Waals surface area contributed by atoms with Gasteiger partial charge >= 0.3 is 5.97 Å². The Morgan fingerprint density at radius 3 is 2.21 bits per heavy atom. The number of aromatic hydroxyl groups is 1. The molecule has 0 spiro atoms. The molecule has 2 aromatic carbocycles. The third-order valence-electron chi connectivity index (χ3n) is 7.26. The standard InChI is InChI=1S/C28H31N5O6/c1-4-7-19(25(35)31-13-18-12-30-15(3)32-24(18)34)22(28(38)39)14(2)23(29)33-26(36)20-10-16-8-5-6-9-17(16)11-21(20)27(33)37/h5-6,8-12,14,19,22-23H,4,7,13,29H2,1-3H3,(H,31,35)(H,38,39)(H,30,32,34)/t14?,19-,22+,23?/m0/s1. The van der Waals surface area contributed by atoms with Gasteiger partial charge in [-0.15, -0.1) is 0 Å². The molecule has 1 aromatic heterocycles. The van der Waals surface area contributed by atoms with Crippen LogP contribution in [0.3, 0.4) is 0 Å². The van der Waals surface area contributed by atoms with Crippen molar-refractivity contribution < 1.29 is 29.4 Å². The highest BCUT2D eigenvalue weighted by Crippen LogP contribution is 2.34. The lowest BCUT2D eigenvalue weighted by Crippen LogP contribution is -2.54. The molecule has 11 nitrogen and oxygen atoms in total. The Balaban J connectivity index is 1.57. The predicted molar refractivity (Wildman–Crippen MR) is 141 cm³/mol. The third kappa shape index (κ3) is 5.30. The molecular weight excluding hydrogens is 502 g/mol. The minimum absolute atomic E-state index is 0.107. The molecule has 0 aliphatic carbocycles. The summed E-state index contributed by atoms with van der Waals surface area (Å²) in [4.78, 5) is 61.1. The van der Waals surface area contributed by atoms with Crippen LogP contribution in [0.4, 0.5) is 0 Å². The number of nitrogens with zero attached hydrogens (tertiary/aromatic N) is 3. The summed E-state index contributed by atoms with van der Waals surface area (Å²) in [6.45, 7) is 4.85. The number of carbonyl (C=O) groups is 4. The van der Waals surface area contributed by atoms with Crippen molar-refractivity contribution in [1.82, 2.24) is 20.2 Å². The first-order valence-corrected chi connectivity index (χ1v) is 12.7. The van der Waals surface area contributed by atoms with E-state index < -0.39 is 47.6 Å². The number of hydrogen-bond donors (Lipinski definition) is 4. The van der Waals surface area contributed by atoms with Crippen molar-refractivity contribution in [2.45, 2.75) is 46.3 Å². The quantitative estimate of drug-likeness (QED) is 0.285. The van der Waals surface area contributed by atoms with Gasteiger partial charge in [-0.05, 0) is 36.2 Å². The van der Waals surface area contributed by atoms with Crippen LogP contribution in [-0.4, -0.2) is 54.9 Å². The number of carbonyl (C=O) groups excluding carboxylic acids is 3. The number of rotatable bonds is 10. The van der Waals surface area contributed by atoms with Gasteiger partial charge in [0.2, 0.25) is 11.8 Å². The molecule has 11 heteroatoms. The molecule has 4 atom stereocenters. The van der Waals surface area contributed by atoms with Crippen LogP contribution in [0.5, 0.6) is 5.88 Å². The number of carboxylic acids is 1. The van der Waals surface area contributed by atoms with Crippen LogP contribution in [0.2, 0.25) is 0 Å². The molecule has 2 heterocycles. The van der Waals surface area contributed by atoms with Crippen molar-refractivity contribution in [3.05, 3.63) is 65.1 Å². The summed E-state index contributed by atoms with van der Waals surface area (Å²) < 4.78 is 0. The molecule has 3 amide bonds. The molecular formula is C28H31N5O6. The van der Waals surface area contributed by atoms with Gasteiger partial charge in [0.15, 0.2) is 0 Å². The number of carboxylic acid groups (broad SMARTS) is 1. The number of nitrogens with two attached hydrogens (primary N) is 1. The first kappa shape index (κ1) is 27.6. The summed E-state index contributed by atoms with van der Waals surface area (Å²) in [5, 5.41) is 24.5. The lowest BCUT2D eigenvalue weighted by molar-refractivity contribution is -0.151. The Kier molecular flexibility index (Phi) is 7.91. The van der Waals surface area contributed by atoms with E-state index in [0.29, 0.717) is 12.2 Å². The molecule has 39 heavy (non-hydrogen) atoms. The van der Waals surface area contributed by atoms with Crippen molar-refractivity contribution in [2.24, 2.45) is 23.5 Å². The second-order valence-corrected chi connectivity index (χ2v) is 9.82. The van der Waals surface area contributed by atoms with Gasteiger partial charge in [0, 0.05) is 18.7 Å². The molecule has 204 valence electrons. The smallest absolute Gasteiger partial charge is 0.307 e. The molecule has 0 saturated heterocycles. The SMILES string of the molecule is CCC[C@H](C(=O)NCc1cnc(C)nc1O)[C@H](C(=O)O)C(C)C(N)N1C(=O)c2cc3ccccc3cc2C1=O. The Morgan fingerprint density at radius 1 is 1.10 bits per heavy atom. The summed E-state index contributed by atoms with van der Waals surface area (Å²) in [7, 11) is 0. The Morgan fingerprint density at radius 2 is 1.69 bits per heavy atom. The summed E-state index contributed by atoms with van der Waals surface area (Å²) in [6.07, 6.45) is 0.820. The average Bonchev–Trinajstić information content (AvgIpc) is 3.14. The van der Waals surface area contributed by atoms with Crippen LogP contribution in [0.15, 0.2) is 42.6 Å². The lowest BCUT2D eigenvalue weighted by atomic mass is 9.77. The van der Waals surface area contributed by atoms with Crippen LogP contribution in [0, 0.1) is 24.7 Å². The minimum Gasteiger partial charge on any atom is -0.493 e. The second kappa shape index (κ2) is 11.2. The second-order valence-electron chi connectivity index (χ2n) is 9.82. The van der Waals surface area contributed by atoms with Crippen LogP contribution in [0.1, 0.15) is 58.8 Å². The van der Waals surface area contributed by atoms with Crippen LogP contribution in [0.25, 0.3) is 10.8 Å². The molecule has 1 aliphatic rings. The average molecular weight is 534 g/mol. The number of hydrogen-bond acceptors (Lipinski definition) is 8. The van der Waals surface area contributed by atoms with Gasteiger partial charge in [0.1, 0.15) is 5.82 Å². The zero-order chi connectivity index (χ0) is 28.4. The van der Waals surface area contributed by atoms with E-state index in [-0.39, 0.29) is 35.5 Å². The number of aliphatic carboxylic acids is 1. The van der Waals surface area contributed by atoms with Gasteiger partial charge in [-0.3, -0.25) is 24.1 Å². The molecule has 1 aliphatic heterocycles. The third-order valence-corrected chi connectivity index (χ3v) is 7.26. The highest BCUT2D eigenvalue weighted by atomic mass is 16.4. The van der Waals surface area contributed by atoms with Crippen molar-refractivity contribution in [3.8, 4) is 5.88 Å². The van der Waals surface area contributed by atoms with Crippen molar-refractivity contribution in [2.75, 3.05) is 0 Å². The summed E-state index contributed by atoms with van der Waals surface area (Å²) >= 11 is 0. The van der Waals surface area contributed by atoms with Crippen LogP contribution < -0.4 is 11.1 Å². The number of benzene rings is 2. The Bertz CT molecular complexity index is 1400. The van der Waals surface area contributed by atoms with E-state index in [0.717, 1.165) is 15.7 Å². The number of aromatic nitrogens is 2. The first-order valence-electron chi connectivity index (χ1n) is 12.7. The fourth-order valence-corrected chi connectivity index (χ4v) is 5.13. The predicted octanol–water partition coefficient (Wildman–Crippen LogP) is 2.59. The summed E-state index contributed by atoms with van der Waals surface area (Å²) in [5.41, 5.74) is 7.11. The van der Waals surface area contributed by atoms with Gasteiger partial charge in [-0.1, -0.05) is 44.5 Å². The number of imide groups is 1. The van der Waals surface area contributed by atoms with Gasteiger partial charge < -0.3 is 21.3 Å². The van der Waals surface area contributed by atoms with Crippen LogP contribution >= 0.6 is 0 Å². The molecule has 2 unspecified atom stereocenters. The largest absolute Gasteiger partial charge is 0.493 e. The zero-order valence-electron chi connectivity index (χ0n) is 21.9. The van der Waals surface area contributed by atoms with E-state index in [1.54, 1.807) is 19.1 Å². The van der Waals surface area contributed by atoms with Crippen molar-refractivity contribution >= 4 is 34.5 Å². The zero-order valence-corrected chi connectivity index (χ0v) is 21.9. The number of nitrogens with one attached hydrogen (secondary N) is 1. The van der Waals surface area contributed by atoms with E-state index in [1.807, 2.05) is 31.2 Å². The Hall–Kier alpha value is -4.38. The summed E-state index contributed by atoms with van der Waals surface area (Å²) in [5.74, 6) is -6.22. The first-order chi connectivity index (χ1) is 18.5. The molecule has 4 rings (SSSR count). The molecule has 5 N–H and O–H groups in total. The molecule has 0 fully saturated rings. The van der Waals surface area contributed by atoms with Crippen LogP contribution in [-0.2, 0) is 16.1 Å². The molecule has 3 aromatic rings. The van der Waals surface area contributed by atoms with Gasteiger partial charge in [0.25, 0.3) is 11.8 Å². The maximum Gasteiger partial charge on any atom is 0.307 e. The fourth-order valence-electron chi connectivity index (χ4n) is 5.13. The van der Waals surface area contributed by atoms with E-state index in [1.165, 1.54) is 13.1 Å². The molecule has 0 radical (unpaired) electrons. The normalized spacial score (nSPS) is 16.1. The lowest BCUT2D eigenvalue weighted by Gasteiger charge is -2.34. The highest BCUT2D eigenvalue weighted by molar-refractivity contribution is 6.23. The summed E-state index contributed by atoms with van der Waals surface area (Å²) in [6, 6.07) is 10.6. The van der Waals surface area contributed by atoms with Gasteiger partial charge in [-0.25, -0.2) is 4.98 Å². The van der Waals surface area contributed by atoms with Gasteiger partial charge in [-0.2, -0.15) is 4.98 Å². The van der Waals surface area contributed by atoms with E-state index in [9.17, 15) is 29.4 Å². The monoisotopic (exact) mass is 533 g/mol. The molecule has 0 saturated carbocycles. The minimum atomic E-state index is -1.30. The maximum atomic E-state index is 13.3. The van der Waals surface area contributed by atoms with E-state index in [2.05, 4.69) is 15.3 Å². The number of fused-ring (bicyclic) bond motifs is 2. The highest BCUT2D eigenvalue weighted by Gasteiger charge is 2.46. The number of amides is 3. The van der Waals surface area contributed by atoms with E-state index >= 15 is 0 Å². The number of aryl methyl sites for hydroxylation is 1. The maximum absolute atomic E-state index is 13.3.